The van der Waals surface area contributed by atoms with Gasteiger partial charge in [0.15, 0.2) is 5.65 Å². The van der Waals surface area contributed by atoms with Gasteiger partial charge in [-0.15, -0.1) is 10.6 Å². The van der Waals surface area contributed by atoms with Crippen LogP contribution >= 0.6 is 0 Å². The van der Waals surface area contributed by atoms with Gasteiger partial charge in [-0.1, -0.05) is 30.8 Å². The molecular weight excluding hydrogens is 626 g/mol. The number of fused-ring (bicyclic) bond motifs is 2. The third-order valence-electron chi connectivity index (χ3n) is 7.82. The molecule has 4 heterocycles. The highest BCUT2D eigenvalue weighted by Crippen LogP contribution is 2.32. The first kappa shape index (κ1) is 32.8. The van der Waals surface area contributed by atoms with Gasteiger partial charge in [0.05, 0.1) is 17.3 Å². The number of carbonyl (C=O) groups excluding carboxylic acids is 2. The molecule has 1 aliphatic heterocycles. The van der Waals surface area contributed by atoms with Gasteiger partial charge in [0.2, 0.25) is 0 Å². The molecule has 3 aromatic heterocycles. The van der Waals surface area contributed by atoms with Crippen molar-refractivity contribution in [2.75, 3.05) is 18.0 Å². The molecule has 0 spiro atoms. The van der Waals surface area contributed by atoms with E-state index in [4.69, 9.17) is 4.74 Å². The fourth-order valence-electron chi connectivity index (χ4n) is 5.66. The minimum atomic E-state index is -1.60. The second kappa shape index (κ2) is 12.8. The van der Waals surface area contributed by atoms with Gasteiger partial charge in [-0.3, -0.25) is 9.69 Å². The van der Waals surface area contributed by atoms with Gasteiger partial charge >= 0.3 is 6.09 Å². The van der Waals surface area contributed by atoms with Crippen molar-refractivity contribution < 1.29 is 18.7 Å². The molecule has 1 fully saturated rings. The summed E-state index contributed by atoms with van der Waals surface area (Å²) in [6.45, 7) is 12.7. The molecule has 0 bridgehead atoms. The molecule has 0 N–H and O–H groups in total. The summed E-state index contributed by atoms with van der Waals surface area (Å²) in [5, 5.41) is 9.81. The van der Waals surface area contributed by atoms with Crippen LogP contribution < -0.4 is 4.90 Å². The van der Waals surface area contributed by atoms with E-state index in [9.17, 15) is 9.59 Å². The lowest BCUT2D eigenvalue weighted by molar-refractivity contribution is 0.0196. The molecule has 0 aliphatic carbocycles. The normalized spacial score (nSPS) is 15.2. The van der Waals surface area contributed by atoms with E-state index in [2.05, 4.69) is 51.4 Å². The number of carbonyl (C=O) groups is 2. The number of benzene rings is 2. The number of hydrogen-bond donors (Lipinski definition) is 0. The largest absolute Gasteiger partial charge is 0.444 e. The van der Waals surface area contributed by atoms with Gasteiger partial charge in [-0.2, -0.15) is 4.68 Å². The Morgan fingerprint density at radius 2 is 1.85 bits per heavy atom. The van der Waals surface area contributed by atoms with Gasteiger partial charge in [0.25, 0.3) is 5.91 Å². The van der Waals surface area contributed by atoms with E-state index in [1.807, 2.05) is 45.0 Å². The Kier molecular flexibility index (Phi) is 8.74. The van der Waals surface area contributed by atoms with Crippen LogP contribution in [-0.2, 0) is 4.74 Å². The molecular formula is C36H38FN7O3Si. The zero-order valence-electron chi connectivity index (χ0n) is 28.0. The lowest BCUT2D eigenvalue weighted by Gasteiger charge is -2.39. The first-order valence-corrected chi connectivity index (χ1v) is 19.5. The van der Waals surface area contributed by atoms with Gasteiger partial charge in [0, 0.05) is 42.5 Å². The van der Waals surface area contributed by atoms with Crippen LogP contribution in [0.2, 0.25) is 19.6 Å². The summed E-state index contributed by atoms with van der Waals surface area (Å²) >= 11 is 0. The molecule has 0 radical (unpaired) electrons. The van der Waals surface area contributed by atoms with Gasteiger partial charge in [-0.25, -0.2) is 19.2 Å². The second-order valence-corrected chi connectivity index (χ2v) is 18.7. The molecule has 1 saturated heterocycles. The highest BCUT2D eigenvalue weighted by Gasteiger charge is 2.36. The number of amides is 2. The third kappa shape index (κ3) is 7.06. The monoisotopic (exact) mass is 663 g/mol. The molecule has 246 valence electrons. The van der Waals surface area contributed by atoms with E-state index < -0.39 is 37.5 Å². The predicted molar refractivity (Wildman–Crippen MR) is 186 cm³/mol. The Bertz CT molecular complexity index is 2090. The fraction of sp³-hybridized carbons (Fsp3) is 0.333. The van der Waals surface area contributed by atoms with Gasteiger partial charge < -0.3 is 9.64 Å². The number of ether oxygens (including phenoxy) is 1. The number of hydrogen-bond acceptors (Lipinski definition) is 7. The average Bonchev–Trinajstić information content (AvgIpc) is 3.47. The number of halogens is 1. The fourth-order valence-corrected chi connectivity index (χ4v) is 6.18. The predicted octanol–water partition coefficient (Wildman–Crippen LogP) is 6.78. The first-order chi connectivity index (χ1) is 22.8. The smallest absolute Gasteiger partial charge is 0.410 e. The number of aromatic nitrogens is 5. The summed E-state index contributed by atoms with van der Waals surface area (Å²) in [7, 11) is -1.60. The van der Waals surface area contributed by atoms with Crippen molar-refractivity contribution in [1.29, 1.82) is 0 Å². The van der Waals surface area contributed by atoms with Crippen LogP contribution in [0.3, 0.4) is 0 Å². The van der Waals surface area contributed by atoms with Gasteiger partial charge in [-0.05, 0) is 87.5 Å². The maximum absolute atomic E-state index is 16.0. The standard InChI is InChI=1S/C36H38FN7O3Si/c1-36(2,3)47-35(46)42-19-8-9-27(23-42)43(32-28-13-11-24(16-20-48(4,5)6)21-25(28)15-18-39-32)34(45)29-14-12-26(22-30(29)37)44-33-31(40-41-44)10-7-17-38-33/h7,10-15,17-18,21-22,27H,8-9,19,23H2,1-6H3/t27-/m1/s1. The van der Waals surface area contributed by atoms with Crippen LogP contribution in [0.25, 0.3) is 27.6 Å². The molecule has 2 aromatic carbocycles. The minimum absolute atomic E-state index is 0.137. The number of pyridine rings is 2. The second-order valence-electron chi connectivity index (χ2n) is 14.0. The minimum Gasteiger partial charge on any atom is -0.444 e. The van der Waals surface area contributed by atoms with Crippen molar-refractivity contribution in [2.45, 2.75) is 64.9 Å². The molecule has 48 heavy (non-hydrogen) atoms. The Morgan fingerprint density at radius 1 is 1.04 bits per heavy atom. The van der Waals surface area contributed by atoms with E-state index in [1.165, 1.54) is 21.7 Å². The van der Waals surface area contributed by atoms with E-state index in [-0.39, 0.29) is 12.1 Å². The molecule has 6 rings (SSSR count). The van der Waals surface area contributed by atoms with E-state index >= 15 is 4.39 Å². The summed E-state index contributed by atoms with van der Waals surface area (Å²) in [5.41, 5.74) is 4.86. The van der Waals surface area contributed by atoms with E-state index in [0.29, 0.717) is 42.1 Å². The lowest BCUT2D eigenvalue weighted by Crippen LogP contribution is -2.53. The number of nitrogens with zero attached hydrogens (tertiary/aromatic N) is 7. The van der Waals surface area contributed by atoms with E-state index in [1.54, 1.807) is 35.5 Å². The summed E-state index contributed by atoms with van der Waals surface area (Å²) < 4.78 is 23.1. The summed E-state index contributed by atoms with van der Waals surface area (Å²) in [6.07, 6.45) is 4.00. The van der Waals surface area contributed by atoms with Crippen molar-refractivity contribution in [3.63, 3.8) is 0 Å². The van der Waals surface area contributed by atoms with Crippen LogP contribution in [0.4, 0.5) is 15.0 Å². The van der Waals surface area contributed by atoms with Crippen LogP contribution in [0.15, 0.2) is 67.0 Å². The maximum atomic E-state index is 16.0. The molecule has 10 nitrogen and oxygen atoms in total. The molecule has 5 aromatic rings. The van der Waals surface area contributed by atoms with Crippen molar-refractivity contribution in [1.82, 2.24) is 29.9 Å². The molecule has 1 atom stereocenters. The van der Waals surface area contributed by atoms with Crippen LogP contribution in [-0.4, -0.2) is 74.7 Å². The SMILES string of the molecule is CC(C)(C)OC(=O)N1CCC[C@@H](N(C(=O)c2ccc(-n3nnc4cccnc43)cc2F)c2nccc3cc(C#C[Si](C)(C)C)ccc23)C1. The lowest BCUT2D eigenvalue weighted by atomic mass is 10.0. The maximum Gasteiger partial charge on any atom is 0.410 e. The van der Waals surface area contributed by atoms with Crippen LogP contribution in [0, 0.1) is 17.3 Å². The van der Waals surface area contributed by atoms with Crippen molar-refractivity contribution in [3.8, 4) is 17.2 Å². The molecule has 2 amide bonds. The summed E-state index contributed by atoms with van der Waals surface area (Å²) in [6, 6.07) is 15.0. The Balaban J connectivity index is 1.42. The number of likely N-dealkylation sites (tertiary alicyclic amines) is 1. The van der Waals surface area contributed by atoms with Crippen molar-refractivity contribution in [2.24, 2.45) is 0 Å². The Labute approximate surface area is 279 Å². The highest BCUT2D eigenvalue weighted by atomic mass is 28.3. The molecule has 12 heteroatoms. The topological polar surface area (TPSA) is 106 Å². The highest BCUT2D eigenvalue weighted by molar-refractivity contribution is 6.83. The molecule has 1 aliphatic rings. The van der Waals surface area contributed by atoms with Gasteiger partial charge in [0.1, 0.15) is 30.8 Å². The molecule has 0 saturated carbocycles. The zero-order valence-corrected chi connectivity index (χ0v) is 29.0. The number of piperidine rings is 1. The van der Waals surface area contributed by atoms with E-state index in [0.717, 1.165) is 16.3 Å². The molecule has 0 unspecified atom stereocenters. The van der Waals surface area contributed by atoms with Crippen LogP contribution in [0.1, 0.15) is 49.5 Å². The zero-order chi connectivity index (χ0) is 34.2. The quantitative estimate of drug-likeness (QED) is 0.154. The van der Waals surface area contributed by atoms with Crippen molar-refractivity contribution in [3.05, 3.63) is 83.9 Å². The summed E-state index contributed by atoms with van der Waals surface area (Å²) in [5.74, 6) is 2.38. The average molecular weight is 664 g/mol. The Morgan fingerprint density at radius 3 is 2.60 bits per heavy atom. The third-order valence-corrected chi connectivity index (χ3v) is 8.70. The Hall–Kier alpha value is -5.15. The van der Waals surface area contributed by atoms with Crippen molar-refractivity contribution >= 4 is 47.8 Å². The number of rotatable bonds is 4. The number of anilines is 1. The summed E-state index contributed by atoms with van der Waals surface area (Å²) in [4.78, 5) is 39.8. The first-order valence-electron chi connectivity index (χ1n) is 16.0. The van der Waals surface area contributed by atoms with Crippen LogP contribution in [0.5, 0.6) is 0 Å².